The lowest BCUT2D eigenvalue weighted by atomic mass is 10.2. The molecule has 4 nitrogen and oxygen atoms in total. The molecule has 0 saturated heterocycles. The van der Waals surface area contributed by atoms with Gasteiger partial charge in [-0.2, -0.15) is 0 Å². The zero-order valence-corrected chi connectivity index (χ0v) is 13.9. The van der Waals surface area contributed by atoms with Crippen LogP contribution in [0.2, 0.25) is 0 Å². The molecule has 0 aliphatic carbocycles. The number of carbonyl (C=O) groups excluding carboxylic acids is 1. The summed E-state index contributed by atoms with van der Waals surface area (Å²) in [5, 5.41) is 2.74. The number of hydrogen-bond acceptors (Lipinski definition) is 3. The van der Waals surface area contributed by atoms with Crippen molar-refractivity contribution in [3.63, 3.8) is 0 Å². The average molecular weight is 400 g/mol. The van der Waals surface area contributed by atoms with Crippen molar-refractivity contribution in [2.45, 2.75) is 6.92 Å². The van der Waals surface area contributed by atoms with Crippen LogP contribution < -0.4 is 10.1 Å². The minimum atomic E-state index is -0.260. The van der Waals surface area contributed by atoms with E-state index in [4.69, 9.17) is 4.74 Å². The molecule has 0 atom stereocenters. The first-order valence-electron chi connectivity index (χ1n) is 5.95. The van der Waals surface area contributed by atoms with Crippen molar-refractivity contribution >= 4 is 43.6 Å². The number of ether oxygens (including phenoxy) is 1. The molecule has 0 saturated carbocycles. The number of rotatable bonds is 4. The van der Waals surface area contributed by atoms with Crippen molar-refractivity contribution in [2.24, 2.45) is 0 Å². The molecule has 1 aromatic heterocycles. The summed E-state index contributed by atoms with van der Waals surface area (Å²) in [6, 6.07) is 8.85. The van der Waals surface area contributed by atoms with E-state index < -0.39 is 0 Å². The Kier molecular flexibility index (Phi) is 5.14. The average Bonchev–Trinajstić information content (AvgIpc) is 2.43. The van der Waals surface area contributed by atoms with Crippen LogP contribution in [0, 0.1) is 0 Å². The van der Waals surface area contributed by atoms with Gasteiger partial charge >= 0.3 is 0 Å². The van der Waals surface area contributed by atoms with Crippen LogP contribution in [-0.2, 0) is 0 Å². The van der Waals surface area contributed by atoms with E-state index in [1.54, 1.807) is 24.4 Å². The van der Waals surface area contributed by atoms with E-state index in [1.807, 2.05) is 19.1 Å². The number of halogens is 2. The van der Waals surface area contributed by atoms with Crippen molar-refractivity contribution < 1.29 is 9.53 Å². The maximum atomic E-state index is 12.3. The second kappa shape index (κ2) is 6.85. The van der Waals surface area contributed by atoms with Gasteiger partial charge in [0.25, 0.3) is 5.91 Å². The maximum absolute atomic E-state index is 12.3. The molecule has 0 fully saturated rings. The molecule has 6 heteroatoms. The Morgan fingerprint density at radius 2 is 2.00 bits per heavy atom. The first-order valence-corrected chi connectivity index (χ1v) is 7.54. The Morgan fingerprint density at radius 3 is 2.65 bits per heavy atom. The quantitative estimate of drug-likeness (QED) is 0.835. The molecule has 0 radical (unpaired) electrons. The topological polar surface area (TPSA) is 51.2 Å². The van der Waals surface area contributed by atoms with Gasteiger partial charge in [0.1, 0.15) is 11.6 Å². The molecule has 0 spiro atoms. The summed E-state index contributed by atoms with van der Waals surface area (Å²) >= 11 is 6.65. The molecule has 1 heterocycles. The van der Waals surface area contributed by atoms with Gasteiger partial charge in [-0.15, -0.1) is 0 Å². The predicted molar refractivity (Wildman–Crippen MR) is 85.2 cm³/mol. The highest BCUT2D eigenvalue weighted by molar-refractivity contribution is 9.10. The SMILES string of the molecule is CCOc1ccc(Br)cc1C(=O)Nc1ccc(Br)cn1. The van der Waals surface area contributed by atoms with E-state index in [2.05, 4.69) is 42.2 Å². The molecule has 2 aromatic rings. The molecular weight excluding hydrogens is 388 g/mol. The van der Waals surface area contributed by atoms with E-state index >= 15 is 0 Å². The Bertz CT molecular complexity index is 615. The lowest BCUT2D eigenvalue weighted by Gasteiger charge is -2.10. The summed E-state index contributed by atoms with van der Waals surface area (Å²) < 4.78 is 7.13. The van der Waals surface area contributed by atoms with Gasteiger partial charge in [0.15, 0.2) is 0 Å². The Labute approximate surface area is 133 Å². The van der Waals surface area contributed by atoms with Gasteiger partial charge in [-0.05, 0) is 53.2 Å². The van der Waals surface area contributed by atoms with Crippen LogP contribution in [0.1, 0.15) is 17.3 Å². The molecule has 2 rings (SSSR count). The molecule has 0 aliphatic heterocycles. The summed E-state index contributed by atoms with van der Waals surface area (Å²) in [6.45, 7) is 2.37. The summed E-state index contributed by atoms with van der Waals surface area (Å²) in [5.74, 6) is 0.774. The van der Waals surface area contributed by atoms with E-state index in [0.717, 1.165) is 8.95 Å². The van der Waals surface area contributed by atoms with E-state index in [0.29, 0.717) is 23.7 Å². The highest BCUT2D eigenvalue weighted by atomic mass is 79.9. The third-order valence-electron chi connectivity index (χ3n) is 2.46. The predicted octanol–water partition coefficient (Wildman–Crippen LogP) is 4.26. The van der Waals surface area contributed by atoms with Gasteiger partial charge in [-0.25, -0.2) is 4.98 Å². The smallest absolute Gasteiger partial charge is 0.260 e. The fourth-order valence-corrected chi connectivity index (χ4v) is 2.19. The number of nitrogens with one attached hydrogen (secondary N) is 1. The first-order chi connectivity index (χ1) is 9.60. The Balaban J connectivity index is 2.23. The van der Waals surface area contributed by atoms with Gasteiger partial charge in [0.05, 0.1) is 12.2 Å². The maximum Gasteiger partial charge on any atom is 0.260 e. The molecule has 1 aromatic carbocycles. The van der Waals surface area contributed by atoms with Crippen LogP contribution in [0.5, 0.6) is 5.75 Å². The third-order valence-corrected chi connectivity index (χ3v) is 3.42. The molecule has 0 aliphatic rings. The molecule has 0 bridgehead atoms. The summed E-state index contributed by atoms with van der Waals surface area (Å²) in [5.41, 5.74) is 0.464. The minimum Gasteiger partial charge on any atom is -0.493 e. The summed E-state index contributed by atoms with van der Waals surface area (Å²) in [4.78, 5) is 16.4. The highest BCUT2D eigenvalue weighted by Crippen LogP contribution is 2.24. The van der Waals surface area contributed by atoms with Crippen molar-refractivity contribution in [3.8, 4) is 5.75 Å². The second-order valence-electron chi connectivity index (χ2n) is 3.89. The third kappa shape index (κ3) is 3.80. The lowest BCUT2D eigenvalue weighted by molar-refractivity contribution is 0.102. The zero-order valence-electron chi connectivity index (χ0n) is 10.7. The van der Waals surface area contributed by atoms with E-state index in [9.17, 15) is 4.79 Å². The fraction of sp³-hybridized carbons (Fsp3) is 0.143. The van der Waals surface area contributed by atoms with Crippen LogP contribution in [0.25, 0.3) is 0 Å². The van der Waals surface area contributed by atoms with E-state index in [-0.39, 0.29) is 5.91 Å². The van der Waals surface area contributed by atoms with Gasteiger partial charge in [-0.3, -0.25) is 4.79 Å². The normalized spacial score (nSPS) is 10.2. The number of aromatic nitrogens is 1. The van der Waals surface area contributed by atoms with Crippen molar-refractivity contribution in [1.82, 2.24) is 4.98 Å². The monoisotopic (exact) mass is 398 g/mol. The Morgan fingerprint density at radius 1 is 1.25 bits per heavy atom. The van der Waals surface area contributed by atoms with Gasteiger partial charge in [0.2, 0.25) is 0 Å². The van der Waals surface area contributed by atoms with Crippen molar-refractivity contribution in [3.05, 3.63) is 51.0 Å². The van der Waals surface area contributed by atoms with Gasteiger partial charge < -0.3 is 10.1 Å². The standard InChI is InChI=1S/C14H12Br2N2O2/c1-2-20-12-5-3-9(15)7-11(12)14(19)18-13-6-4-10(16)8-17-13/h3-8H,2H2,1H3,(H,17,18,19). The second-order valence-corrected chi connectivity index (χ2v) is 5.72. The van der Waals surface area contributed by atoms with Crippen molar-refractivity contribution in [2.75, 3.05) is 11.9 Å². The molecule has 104 valence electrons. The Hall–Kier alpha value is -1.40. The number of amides is 1. The molecule has 1 N–H and O–H groups in total. The van der Waals surface area contributed by atoms with Crippen LogP contribution in [0.3, 0.4) is 0 Å². The molecular formula is C14H12Br2N2O2. The van der Waals surface area contributed by atoms with E-state index in [1.165, 1.54) is 0 Å². The molecule has 20 heavy (non-hydrogen) atoms. The lowest BCUT2D eigenvalue weighted by Crippen LogP contribution is -2.14. The molecule has 1 amide bonds. The number of carbonyl (C=O) groups is 1. The van der Waals surface area contributed by atoms with Crippen LogP contribution >= 0.6 is 31.9 Å². The van der Waals surface area contributed by atoms with Crippen molar-refractivity contribution in [1.29, 1.82) is 0 Å². The zero-order chi connectivity index (χ0) is 14.5. The first kappa shape index (κ1) is 15.0. The van der Waals surface area contributed by atoms with Crippen LogP contribution in [0.4, 0.5) is 5.82 Å². The number of pyridine rings is 1. The minimum absolute atomic E-state index is 0.260. The fourth-order valence-electron chi connectivity index (χ4n) is 1.59. The number of anilines is 1. The number of hydrogen-bond donors (Lipinski definition) is 1. The van der Waals surface area contributed by atoms with Crippen LogP contribution in [-0.4, -0.2) is 17.5 Å². The number of benzene rings is 1. The summed E-state index contributed by atoms with van der Waals surface area (Å²) in [7, 11) is 0. The largest absolute Gasteiger partial charge is 0.493 e. The number of nitrogens with zero attached hydrogens (tertiary/aromatic N) is 1. The van der Waals surface area contributed by atoms with Gasteiger partial charge in [0, 0.05) is 15.1 Å². The highest BCUT2D eigenvalue weighted by Gasteiger charge is 2.13. The molecule has 0 unspecified atom stereocenters. The summed E-state index contributed by atoms with van der Waals surface area (Å²) in [6.07, 6.45) is 1.62. The van der Waals surface area contributed by atoms with Gasteiger partial charge in [-0.1, -0.05) is 15.9 Å². The van der Waals surface area contributed by atoms with Crippen LogP contribution in [0.15, 0.2) is 45.5 Å².